The van der Waals surface area contributed by atoms with E-state index in [1.165, 1.54) is 5.56 Å². The van der Waals surface area contributed by atoms with Crippen LogP contribution in [0.15, 0.2) is 53.3 Å². The second kappa shape index (κ2) is 10.1. The number of amides is 1. The van der Waals surface area contributed by atoms with E-state index in [1.807, 2.05) is 43.3 Å². The van der Waals surface area contributed by atoms with E-state index in [2.05, 4.69) is 22.3 Å². The van der Waals surface area contributed by atoms with Gasteiger partial charge in [0.05, 0.1) is 17.1 Å². The molecule has 4 rings (SSSR count). The van der Waals surface area contributed by atoms with Gasteiger partial charge in [0.25, 0.3) is 0 Å². The van der Waals surface area contributed by atoms with Crippen molar-refractivity contribution in [1.82, 2.24) is 19.4 Å². The van der Waals surface area contributed by atoms with Crippen LogP contribution in [0.3, 0.4) is 0 Å². The van der Waals surface area contributed by atoms with Crippen molar-refractivity contribution in [2.24, 2.45) is 0 Å². The van der Waals surface area contributed by atoms with Gasteiger partial charge in [-0.2, -0.15) is 0 Å². The number of para-hydroxylation sites is 2. The van der Waals surface area contributed by atoms with Gasteiger partial charge in [-0.3, -0.25) is 18.8 Å². The molecule has 0 bridgehead atoms. The standard InChI is InChI=1S/C25H32N4O3/c1-2-28-22-5-3-4-6-23(22)29(25(28)32)16-13-24(31)26-17-19-7-9-20(10-8-19)18-27-14-11-21(30)12-15-27/h3-10,21,30H,2,11-18H2,1H3,(H,26,31). The van der Waals surface area contributed by atoms with Crippen molar-refractivity contribution in [3.05, 3.63) is 70.1 Å². The van der Waals surface area contributed by atoms with Gasteiger partial charge in [0.1, 0.15) is 0 Å². The molecule has 7 nitrogen and oxygen atoms in total. The molecule has 3 aromatic rings. The van der Waals surface area contributed by atoms with E-state index in [4.69, 9.17) is 0 Å². The number of fused-ring (bicyclic) bond motifs is 1. The molecule has 1 aliphatic heterocycles. The molecule has 0 radical (unpaired) electrons. The molecule has 0 unspecified atom stereocenters. The SMILES string of the molecule is CCn1c(=O)n(CCC(=O)NCc2ccc(CN3CCC(O)CC3)cc2)c2ccccc21. The zero-order valence-electron chi connectivity index (χ0n) is 18.7. The van der Waals surface area contributed by atoms with Crippen molar-refractivity contribution in [1.29, 1.82) is 0 Å². The normalized spacial score (nSPS) is 15.3. The highest BCUT2D eigenvalue weighted by atomic mass is 16.3. The number of nitrogens with one attached hydrogen (secondary N) is 1. The van der Waals surface area contributed by atoms with Crippen LogP contribution in [0.25, 0.3) is 11.0 Å². The van der Waals surface area contributed by atoms with Crippen molar-refractivity contribution in [3.63, 3.8) is 0 Å². The molecule has 1 fully saturated rings. The van der Waals surface area contributed by atoms with Crippen LogP contribution in [0.2, 0.25) is 0 Å². The number of aliphatic hydroxyl groups is 1. The fourth-order valence-corrected chi connectivity index (χ4v) is 4.39. The molecule has 0 atom stereocenters. The van der Waals surface area contributed by atoms with Gasteiger partial charge in [-0.25, -0.2) is 4.79 Å². The van der Waals surface area contributed by atoms with Crippen LogP contribution in [0, 0.1) is 0 Å². The Bertz CT molecular complexity index is 1110. The zero-order valence-corrected chi connectivity index (χ0v) is 18.7. The Morgan fingerprint density at radius 3 is 2.28 bits per heavy atom. The van der Waals surface area contributed by atoms with Crippen molar-refractivity contribution in [3.8, 4) is 0 Å². The summed E-state index contributed by atoms with van der Waals surface area (Å²) in [6.45, 7) is 6.14. The first-order chi connectivity index (χ1) is 15.5. The second-order valence-corrected chi connectivity index (χ2v) is 8.52. The molecule has 0 aliphatic carbocycles. The van der Waals surface area contributed by atoms with Crippen LogP contribution in [0.5, 0.6) is 0 Å². The van der Waals surface area contributed by atoms with Gasteiger partial charge >= 0.3 is 5.69 Å². The number of aromatic nitrogens is 2. The van der Waals surface area contributed by atoms with E-state index < -0.39 is 0 Å². The van der Waals surface area contributed by atoms with Gasteiger partial charge in [0, 0.05) is 45.7 Å². The molecule has 1 aromatic heterocycles. The minimum atomic E-state index is -0.152. The van der Waals surface area contributed by atoms with Crippen LogP contribution in [0.1, 0.15) is 37.3 Å². The highest BCUT2D eigenvalue weighted by molar-refractivity contribution is 5.78. The molecule has 0 saturated carbocycles. The number of piperidine rings is 1. The first-order valence-corrected chi connectivity index (χ1v) is 11.5. The van der Waals surface area contributed by atoms with Crippen LogP contribution in [-0.4, -0.2) is 44.2 Å². The molecule has 2 N–H and O–H groups in total. The van der Waals surface area contributed by atoms with Crippen molar-refractivity contribution >= 4 is 16.9 Å². The minimum absolute atomic E-state index is 0.0684. The number of likely N-dealkylation sites (tertiary alicyclic amines) is 1. The van der Waals surface area contributed by atoms with Gasteiger partial charge in [-0.1, -0.05) is 36.4 Å². The quantitative estimate of drug-likeness (QED) is 0.569. The van der Waals surface area contributed by atoms with Gasteiger partial charge < -0.3 is 10.4 Å². The van der Waals surface area contributed by atoms with Gasteiger partial charge in [0.15, 0.2) is 0 Å². The molecule has 32 heavy (non-hydrogen) atoms. The average molecular weight is 437 g/mol. The highest BCUT2D eigenvalue weighted by Crippen LogP contribution is 2.15. The van der Waals surface area contributed by atoms with Gasteiger partial charge in [-0.05, 0) is 43.0 Å². The van der Waals surface area contributed by atoms with E-state index in [0.717, 1.165) is 49.1 Å². The molecule has 170 valence electrons. The predicted octanol–water partition coefficient (Wildman–Crippen LogP) is 2.49. The number of benzene rings is 2. The molecule has 0 spiro atoms. The molecule has 1 amide bonds. The molecule has 1 saturated heterocycles. The summed E-state index contributed by atoms with van der Waals surface area (Å²) in [6.07, 6.45) is 1.79. The lowest BCUT2D eigenvalue weighted by atomic mass is 10.1. The second-order valence-electron chi connectivity index (χ2n) is 8.52. The first kappa shape index (κ1) is 22.3. The molecular weight excluding hydrogens is 404 g/mol. The lowest BCUT2D eigenvalue weighted by molar-refractivity contribution is -0.121. The molecule has 1 aliphatic rings. The number of carbonyl (C=O) groups is 1. The topological polar surface area (TPSA) is 79.5 Å². The maximum Gasteiger partial charge on any atom is 0.329 e. The first-order valence-electron chi connectivity index (χ1n) is 11.5. The smallest absolute Gasteiger partial charge is 0.329 e. The molecular formula is C25H32N4O3. The predicted molar refractivity (Wildman–Crippen MR) is 125 cm³/mol. The summed E-state index contributed by atoms with van der Waals surface area (Å²) in [7, 11) is 0. The lowest BCUT2D eigenvalue weighted by Crippen LogP contribution is -2.35. The largest absolute Gasteiger partial charge is 0.393 e. The van der Waals surface area contributed by atoms with E-state index in [0.29, 0.717) is 19.6 Å². The Labute approximate surface area is 188 Å². The summed E-state index contributed by atoms with van der Waals surface area (Å²) in [5.74, 6) is -0.0684. The summed E-state index contributed by atoms with van der Waals surface area (Å²) < 4.78 is 3.42. The van der Waals surface area contributed by atoms with Gasteiger partial charge in [0.2, 0.25) is 5.91 Å². The van der Waals surface area contributed by atoms with Crippen LogP contribution in [0.4, 0.5) is 0 Å². The summed E-state index contributed by atoms with van der Waals surface area (Å²) in [5, 5.41) is 12.6. The Morgan fingerprint density at radius 2 is 1.62 bits per heavy atom. The summed E-state index contributed by atoms with van der Waals surface area (Å²) in [5.41, 5.74) is 3.99. The van der Waals surface area contributed by atoms with Crippen LogP contribution >= 0.6 is 0 Å². The van der Waals surface area contributed by atoms with E-state index in [-0.39, 0.29) is 24.1 Å². The molecule has 2 aromatic carbocycles. The number of hydrogen-bond donors (Lipinski definition) is 2. The third-order valence-corrected chi connectivity index (χ3v) is 6.28. The summed E-state index contributed by atoms with van der Waals surface area (Å²) in [6, 6.07) is 16.0. The number of aliphatic hydroxyl groups excluding tert-OH is 1. The zero-order chi connectivity index (χ0) is 22.5. The third kappa shape index (κ3) is 5.11. The average Bonchev–Trinajstić information content (AvgIpc) is 3.09. The number of imidazole rings is 1. The summed E-state index contributed by atoms with van der Waals surface area (Å²) in [4.78, 5) is 27.5. The fourth-order valence-electron chi connectivity index (χ4n) is 4.39. The Hall–Kier alpha value is -2.90. The Kier molecular flexibility index (Phi) is 7.07. The Balaban J connectivity index is 1.28. The minimum Gasteiger partial charge on any atom is -0.393 e. The number of carbonyl (C=O) groups excluding carboxylic acids is 1. The van der Waals surface area contributed by atoms with Gasteiger partial charge in [-0.15, -0.1) is 0 Å². The summed E-state index contributed by atoms with van der Waals surface area (Å²) >= 11 is 0. The highest BCUT2D eigenvalue weighted by Gasteiger charge is 2.17. The number of rotatable bonds is 8. The molecule has 7 heteroatoms. The van der Waals surface area contributed by atoms with Crippen molar-refractivity contribution < 1.29 is 9.90 Å². The third-order valence-electron chi connectivity index (χ3n) is 6.28. The van der Waals surface area contributed by atoms with Crippen LogP contribution in [-0.2, 0) is 31.0 Å². The van der Waals surface area contributed by atoms with Crippen molar-refractivity contribution in [2.75, 3.05) is 13.1 Å². The maximum absolute atomic E-state index is 12.7. The number of nitrogens with zero attached hydrogens (tertiary/aromatic N) is 3. The monoisotopic (exact) mass is 436 g/mol. The number of aryl methyl sites for hydroxylation is 2. The lowest BCUT2D eigenvalue weighted by Gasteiger charge is -2.29. The van der Waals surface area contributed by atoms with E-state index in [9.17, 15) is 14.7 Å². The van der Waals surface area contributed by atoms with E-state index in [1.54, 1.807) is 9.13 Å². The molecule has 2 heterocycles. The van der Waals surface area contributed by atoms with Crippen molar-refractivity contribution in [2.45, 2.75) is 58.5 Å². The maximum atomic E-state index is 12.7. The van der Waals surface area contributed by atoms with Crippen LogP contribution < -0.4 is 11.0 Å². The Morgan fingerprint density at radius 1 is 1.00 bits per heavy atom. The van der Waals surface area contributed by atoms with E-state index >= 15 is 0 Å². The fraction of sp³-hybridized carbons (Fsp3) is 0.440. The number of hydrogen-bond acceptors (Lipinski definition) is 4.